The second-order valence-electron chi connectivity index (χ2n) is 7.29. The summed E-state index contributed by atoms with van der Waals surface area (Å²) in [6.45, 7) is 0. The van der Waals surface area contributed by atoms with E-state index in [-0.39, 0.29) is 5.91 Å². The Labute approximate surface area is 205 Å². The number of nitrogens with one attached hydrogen (secondary N) is 1. The normalized spacial score (nSPS) is 10.9. The number of amides is 1. The van der Waals surface area contributed by atoms with Gasteiger partial charge in [-0.25, -0.2) is 0 Å². The predicted molar refractivity (Wildman–Crippen MR) is 139 cm³/mol. The first-order chi connectivity index (χ1) is 17.0. The Kier molecular flexibility index (Phi) is 8.78. The predicted octanol–water partition coefficient (Wildman–Crippen LogP) is 5.55. The molecule has 0 saturated carbocycles. The average molecular weight is 476 g/mol. The summed E-state index contributed by atoms with van der Waals surface area (Å²) in [7, 11) is 7.76. The summed E-state index contributed by atoms with van der Waals surface area (Å²) in [5.74, 6) is 2.21. The molecule has 0 bridgehead atoms. The fourth-order valence-corrected chi connectivity index (χ4v) is 3.49. The molecule has 1 amide bonds. The van der Waals surface area contributed by atoms with Gasteiger partial charge in [-0.05, 0) is 41.5 Å². The first-order valence-corrected chi connectivity index (χ1v) is 10.8. The van der Waals surface area contributed by atoms with Gasteiger partial charge in [0, 0.05) is 11.6 Å². The van der Waals surface area contributed by atoms with Crippen LogP contribution in [0, 0.1) is 0 Å². The van der Waals surface area contributed by atoms with Crippen molar-refractivity contribution in [1.29, 1.82) is 0 Å². The van der Waals surface area contributed by atoms with Crippen LogP contribution in [0.4, 0.5) is 5.69 Å². The summed E-state index contributed by atoms with van der Waals surface area (Å²) >= 11 is 0. The Balaban J connectivity index is 1.97. The van der Waals surface area contributed by atoms with E-state index in [1.54, 1.807) is 40.6 Å². The highest BCUT2D eigenvalue weighted by molar-refractivity contribution is 6.04. The minimum absolute atomic E-state index is 0.303. The van der Waals surface area contributed by atoms with Gasteiger partial charge >= 0.3 is 0 Å². The van der Waals surface area contributed by atoms with E-state index >= 15 is 0 Å². The molecule has 7 nitrogen and oxygen atoms in total. The van der Waals surface area contributed by atoms with Crippen molar-refractivity contribution in [2.75, 3.05) is 40.9 Å². The van der Waals surface area contributed by atoms with Gasteiger partial charge in [0.25, 0.3) is 0 Å². The summed E-state index contributed by atoms with van der Waals surface area (Å²) in [4.78, 5) is 12.8. The lowest BCUT2D eigenvalue weighted by Gasteiger charge is -2.16. The molecule has 1 N–H and O–H groups in total. The van der Waals surface area contributed by atoms with Crippen LogP contribution in [0.5, 0.6) is 28.7 Å². The highest BCUT2D eigenvalue weighted by atomic mass is 16.5. The van der Waals surface area contributed by atoms with Crippen LogP contribution in [0.2, 0.25) is 0 Å². The van der Waals surface area contributed by atoms with Crippen LogP contribution in [0.25, 0.3) is 18.2 Å². The van der Waals surface area contributed by atoms with E-state index in [9.17, 15) is 4.79 Å². The van der Waals surface area contributed by atoms with Crippen molar-refractivity contribution in [2.24, 2.45) is 0 Å². The number of rotatable bonds is 10. The molecule has 0 spiro atoms. The van der Waals surface area contributed by atoms with Crippen LogP contribution in [-0.2, 0) is 4.79 Å². The van der Waals surface area contributed by atoms with E-state index in [1.165, 1.54) is 13.2 Å². The SMILES string of the molecule is COc1cc(/C=C/c2ccc(OC)c(OC)c2NC(=O)/C=C/c2ccccc2)cc(OC)c1OC. The van der Waals surface area contributed by atoms with E-state index in [0.29, 0.717) is 34.4 Å². The molecule has 3 rings (SSSR count). The number of ether oxygens (including phenoxy) is 5. The molecule has 7 heteroatoms. The number of methoxy groups -OCH3 is 5. The summed E-state index contributed by atoms with van der Waals surface area (Å²) in [5.41, 5.74) is 2.94. The van der Waals surface area contributed by atoms with E-state index in [4.69, 9.17) is 23.7 Å². The van der Waals surface area contributed by atoms with Gasteiger partial charge in [0.1, 0.15) is 0 Å². The Morgan fingerprint density at radius 3 is 1.86 bits per heavy atom. The van der Waals surface area contributed by atoms with Crippen molar-refractivity contribution < 1.29 is 28.5 Å². The monoisotopic (exact) mass is 475 g/mol. The van der Waals surface area contributed by atoms with E-state index in [2.05, 4.69) is 5.32 Å². The molecule has 0 radical (unpaired) electrons. The maximum absolute atomic E-state index is 12.8. The van der Waals surface area contributed by atoms with Crippen LogP contribution in [0.3, 0.4) is 0 Å². The number of carbonyl (C=O) groups is 1. The molecule has 0 aromatic heterocycles. The van der Waals surface area contributed by atoms with Crippen LogP contribution in [0.1, 0.15) is 16.7 Å². The van der Waals surface area contributed by atoms with Crippen molar-refractivity contribution in [3.63, 3.8) is 0 Å². The zero-order valence-electron chi connectivity index (χ0n) is 20.5. The lowest BCUT2D eigenvalue weighted by molar-refractivity contribution is -0.111. The molecule has 0 unspecified atom stereocenters. The van der Waals surface area contributed by atoms with Crippen molar-refractivity contribution >= 4 is 29.8 Å². The minimum Gasteiger partial charge on any atom is -0.493 e. The summed E-state index contributed by atoms with van der Waals surface area (Å²) in [5, 5.41) is 2.92. The standard InChI is InChI=1S/C28H29NO6/c1-31-22-15-14-21(13-11-20-17-23(32-2)27(34-4)24(18-20)33-3)26(28(22)35-5)29-25(30)16-12-19-9-7-6-8-10-19/h6-18H,1-5H3,(H,29,30)/b13-11+,16-12+. The first-order valence-electron chi connectivity index (χ1n) is 10.8. The fraction of sp³-hybridized carbons (Fsp3) is 0.179. The van der Waals surface area contributed by atoms with Crippen LogP contribution < -0.4 is 29.0 Å². The fourth-order valence-electron chi connectivity index (χ4n) is 3.49. The summed E-state index contributed by atoms with van der Waals surface area (Å²) in [6.07, 6.45) is 6.95. The third kappa shape index (κ3) is 6.14. The Morgan fingerprint density at radius 1 is 0.657 bits per heavy atom. The minimum atomic E-state index is -0.303. The highest BCUT2D eigenvalue weighted by Crippen LogP contribution is 2.40. The van der Waals surface area contributed by atoms with E-state index in [1.807, 2.05) is 60.7 Å². The highest BCUT2D eigenvalue weighted by Gasteiger charge is 2.16. The molecule has 0 aliphatic heterocycles. The van der Waals surface area contributed by atoms with E-state index in [0.717, 1.165) is 16.7 Å². The summed E-state index contributed by atoms with van der Waals surface area (Å²) < 4.78 is 27.3. The van der Waals surface area contributed by atoms with Crippen LogP contribution >= 0.6 is 0 Å². The number of hydrogen-bond donors (Lipinski definition) is 1. The summed E-state index contributed by atoms with van der Waals surface area (Å²) in [6, 6.07) is 16.9. The van der Waals surface area contributed by atoms with Gasteiger partial charge in [-0.3, -0.25) is 4.79 Å². The third-order valence-electron chi connectivity index (χ3n) is 5.20. The third-order valence-corrected chi connectivity index (χ3v) is 5.20. The molecule has 3 aromatic carbocycles. The van der Waals surface area contributed by atoms with E-state index < -0.39 is 0 Å². The maximum atomic E-state index is 12.8. The van der Waals surface area contributed by atoms with Crippen molar-refractivity contribution in [3.05, 3.63) is 77.4 Å². The molecular weight excluding hydrogens is 446 g/mol. The van der Waals surface area contributed by atoms with Gasteiger partial charge < -0.3 is 29.0 Å². The molecule has 35 heavy (non-hydrogen) atoms. The topological polar surface area (TPSA) is 75.2 Å². The van der Waals surface area contributed by atoms with Crippen molar-refractivity contribution in [1.82, 2.24) is 0 Å². The molecule has 182 valence electrons. The number of hydrogen-bond acceptors (Lipinski definition) is 6. The number of carbonyl (C=O) groups excluding carboxylic acids is 1. The Morgan fingerprint density at radius 2 is 1.29 bits per heavy atom. The van der Waals surface area contributed by atoms with Gasteiger partial charge in [0.15, 0.2) is 23.0 Å². The molecule has 0 fully saturated rings. The zero-order valence-corrected chi connectivity index (χ0v) is 20.5. The van der Waals surface area contributed by atoms with Gasteiger partial charge in [0.05, 0.1) is 41.2 Å². The molecule has 0 heterocycles. The van der Waals surface area contributed by atoms with Crippen molar-refractivity contribution in [2.45, 2.75) is 0 Å². The number of benzene rings is 3. The second-order valence-corrected chi connectivity index (χ2v) is 7.29. The smallest absolute Gasteiger partial charge is 0.248 e. The molecule has 3 aromatic rings. The molecule has 0 aliphatic carbocycles. The van der Waals surface area contributed by atoms with Crippen LogP contribution in [0.15, 0.2) is 60.7 Å². The molecule has 0 atom stereocenters. The second kappa shape index (κ2) is 12.2. The van der Waals surface area contributed by atoms with Gasteiger partial charge in [-0.2, -0.15) is 0 Å². The molecule has 0 aliphatic rings. The Bertz CT molecular complexity index is 1190. The zero-order chi connectivity index (χ0) is 25.2. The molecular formula is C28H29NO6. The average Bonchev–Trinajstić information content (AvgIpc) is 2.90. The lowest BCUT2D eigenvalue weighted by Crippen LogP contribution is -2.11. The van der Waals surface area contributed by atoms with Crippen molar-refractivity contribution in [3.8, 4) is 28.7 Å². The number of anilines is 1. The largest absolute Gasteiger partial charge is 0.493 e. The first kappa shape index (κ1) is 25.2. The maximum Gasteiger partial charge on any atom is 0.248 e. The van der Waals surface area contributed by atoms with Gasteiger partial charge in [-0.1, -0.05) is 42.5 Å². The quantitative estimate of drug-likeness (QED) is 0.306. The van der Waals surface area contributed by atoms with Crippen LogP contribution in [-0.4, -0.2) is 41.5 Å². The Hall–Kier alpha value is -4.39. The molecule has 0 saturated heterocycles. The van der Waals surface area contributed by atoms with Gasteiger partial charge in [0.2, 0.25) is 11.7 Å². The van der Waals surface area contributed by atoms with Gasteiger partial charge in [-0.15, -0.1) is 0 Å². The lowest BCUT2D eigenvalue weighted by atomic mass is 10.1.